The van der Waals surface area contributed by atoms with Crippen molar-refractivity contribution < 1.29 is 26.9 Å². The third kappa shape index (κ3) is 4.91. The molecule has 0 fully saturated rings. The molecular formula is C20H26O6S. The SMILES string of the molecule is C=CC1=CC[C@@H](COC(=O)C(C)(C)C)c2c1ccc(OC)c2OS(C)(=O)=O. The van der Waals surface area contributed by atoms with E-state index < -0.39 is 15.5 Å². The molecule has 0 heterocycles. The second kappa shape index (κ2) is 7.76. The van der Waals surface area contributed by atoms with E-state index in [1.54, 1.807) is 32.9 Å². The van der Waals surface area contributed by atoms with Crippen molar-refractivity contribution in [2.75, 3.05) is 20.0 Å². The molecule has 0 aromatic heterocycles. The molecule has 1 aliphatic rings. The monoisotopic (exact) mass is 394 g/mol. The fourth-order valence-corrected chi connectivity index (χ4v) is 3.34. The zero-order valence-corrected chi connectivity index (χ0v) is 17.2. The minimum atomic E-state index is -3.78. The number of fused-ring (bicyclic) bond motifs is 1. The third-order valence-corrected chi connectivity index (χ3v) is 4.67. The molecule has 1 aliphatic carbocycles. The van der Waals surface area contributed by atoms with Gasteiger partial charge in [0.1, 0.15) is 0 Å². The molecule has 0 amide bonds. The second-order valence-corrected chi connectivity index (χ2v) is 9.07. The van der Waals surface area contributed by atoms with Crippen molar-refractivity contribution in [1.82, 2.24) is 0 Å². The Morgan fingerprint density at radius 3 is 2.52 bits per heavy atom. The molecule has 0 bridgehead atoms. The van der Waals surface area contributed by atoms with E-state index >= 15 is 0 Å². The van der Waals surface area contributed by atoms with Crippen LogP contribution in [-0.2, 0) is 19.6 Å². The van der Waals surface area contributed by atoms with Crippen molar-refractivity contribution in [3.63, 3.8) is 0 Å². The molecule has 7 heteroatoms. The van der Waals surface area contributed by atoms with Gasteiger partial charge in [0.2, 0.25) is 0 Å². The maximum atomic E-state index is 12.2. The van der Waals surface area contributed by atoms with Gasteiger partial charge in [0.15, 0.2) is 11.5 Å². The van der Waals surface area contributed by atoms with Crippen molar-refractivity contribution in [3.05, 3.63) is 42.0 Å². The molecular weight excluding hydrogens is 368 g/mol. The molecule has 0 aliphatic heterocycles. The van der Waals surface area contributed by atoms with Crippen LogP contribution in [0.5, 0.6) is 11.5 Å². The van der Waals surface area contributed by atoms with Gasteiger partial charge in [-0.1, -0.05) is 24.8 Å². The Morgan fingerprint density at radius 1 is 1.33 bits per heavy atom. The Bertz CT molecular complexity index is 874. The van der Waals surface area contributed by atoms with Crippen LogP contribution in [0.15, 0.2) is 30.9 Å². The van der Waals surface area contributed by atoms with Gasteiger partial charge in [-0.15, -0.1) is 0 Å². The maximum Gasteiger partial charge on any atom is 0.311 e. The van der Waals surface area contributed by atoms with E-state index in [2.05, 4.69) is 6.58 Å². The predicted octanol–water partition coefficient (Wildman–Crippen LogP) is 3.68. The highest BCUT2D eigenvalue weighted by Crippen LogP contribution is 2.46. The summed E-state index contributed by atoms with van der Waals surface area (Å²) in [5, 5.41) is 0. The lowest BCUT2D eigenvalue weighted by Crippen LogP contribution is -2.26. The van der Waals surface area contributed by atoms with Crippen LogP contribution < -0.4 is 8.92 Å². The zero-order valence-electron chi connectivity index (χ0n) is 16.4. The molecule has 0 N–H and O–H groups in total. The first-order chi connectivity index (χ1) is 12.5. The lowest BCUT2D eigenvalue weighted by Gasteiger charge is -2.28. The van der Waals surface area contributed by atoms with Crippen molar-refractivity contribution >= 4 is 21.7 Å². The van der Waals surface area contributed by atoms with Gasteiger partial charge < -0.3 is 13.7 Å². The Labute approximate surface area is 160 Å². The molecule has 0 spiro atoms. The summed E-state index contributed by atoms with van der Waals surface area (Å²) >= 11 is 0. The highest BCUT2D eigenvalue weighted by atomic mass is 32.2. The standard InChI is InChI=1S/C20H26O6S/c1-7-13-8-9-14(12-25-19(21)20(2,3)4)17-15(13)10-11-16(24-5)18(17)26-27(6,22)23/h7-8,10-11,14H,1,9,12H2,2-6H3/t14-/m0/s1. The molecule has 27 heavy (non-hydrogen) atoms. The van der Waals surface area contributed by atoms with E-state index in [0.29, 0.717) is 17.7 Å². The van der Waals surface area contributed by atoms with E-state index in [4.69, 9.17) is 13.7 Å². The zero-order chi connectivity index (χ0) is 20.4. The first kappa shape index (κ1) is 21.0. The number of carbonyl (C=O) groups is 1. The number of allylic oxidation sites excluding steroid dienone is 3. The van der Waals surface area contributed by atoms with Gasteiger partial charge in [-0.05, 0) is 44.4 Å². The Balaban J connectivity index is 2.53. The summed E-state index contributed by atoms with van der Waals surface area (Å²) in [6, 6.07) is 3.48. The first-order valence-corrected chi connectivity index (χ1v) is 10.4. The van der Waals surface area contributed by atoms with Gasteiger partial charge in [-0.2, -0.15) is 8.42 Å². The molecule has 0 radical (unpaired) electrons. The van der Waals surface area contributed by atoms with Crippen LogP contribution in [0.2, 0.25) is 0 Å². The Morgan fingerprint density at radius 2 is 2.00 bits per heavy atom. The van der Waals surface area contributed by atoms with Crippen LogP contribution in [0.3, 0.4) is 0 Å². The average molecular weight is 394 g/mol. The molecule has 1 aromatic carbocycles. The maximum absolute atomic E-state index is 12.2. The van der Waals surface area contributed by atoms with E-state index in [1.165, 1.54) is 7.11 Å². The summed E-state index contributed by atoms with van der Waals surface area (Å²) in [6.07, 6.45) is 5.22. The van der Waals surface area contributed by atoms with Crippen molar-refractivity contribution in [3.8, 4) is 11.5 Å². The minimum Gasteiger partial charge on any atom is -0.493 e. The fraction of sp³-hybridized carbons (Fsp3) is 0.450. The van der Waals surface area contributed by atoms with Crippen LogP contribution in [0.25, 0.3) is 5.57 Å². The lowest BCUT2D eigenvalue weighted by molar-refractivity contribution is -0.153. The number of methoxy groups -OCH3 is 1. The summed E-state index contributed by atoms with van der Waals surface area (Å²) in [7, 11) is -2.34. The van der Waals surface area contributed by atoms with Crippen molar-refractivity contribution in [2.45, 2.75) is 33.1 Å². The molecule has 0 saturated carbocycles. The number of hydrogen-bond donors (Lipinski definition) is 0. The topological polar surface area (TPSA) is 78.9 Å². The minimum absolute atomic E-state index is 0.108. The van der Waals surface area contributed by atoms with Crippen molar-refractivity contribution in [1.29, 1.82) is 0 Å². The highest BCUT2D eigenvalue weighted by Gasteiger charge is 2.31. The summed E-state index contributed by atoms with van der Waals surface area (Å²) in [4.78, 5) is 12.2. The Hall–Kier alpha value is -2.28. The first-order valence-electron chi connectivity index (χ1n) is 8.58. The third-order valence-electron chi connectivity index (χ3n) is 4.20. The smallest absolute Gasteiger partial charge is 0.311 e. The molecule has 0 unspecified atom stereocenters. The van der Waals surface area contributed by atoms with Crippen LogP contribution in [0, 0.1) is 5.41 Å². The number of hydrogen-bond acceptors (Lipinski definition) is 6. The van der Waals surface area contributed by atoms with Gasteiger partial charge in [-0.25, -0.2) is 0 Å². The molecule has 0 saturated heterocycles. The van der Waals surface area contributed by atoms with E-state index in [-0.39, 0.29) is 24.2 Å². The van der Waals surface area contributed by atoms with Crippen LogP contribution in [0.4, 0.5) is 0 Å². The largest absolute Gasteiger partial charge is 0.493 e. The number of benzene rings is 1. The average Bonchev–Trinajstić information content (AvgIpc) is 2.57. The predicted molar refractivity (Wildman–Crippen MR) is 104 cm³/mol. The van der Waals surface area contributed by atoms with Gasteiger partial charge in [0, 0.05) is 11.5 Å². The summed E-state index contributed by atoms with van der Waals surface area (Å²) in [5.41, 5.74) is 1.66. The number of esters is 1. The Kier molecular flexibility index (Phi) is 6.04. The van der Waals surface area contributed by atoms with Crippen molar-refractivity contribution in [2.24, 2.45) is 5.41 Å². The fourth-order valence-electron chi connectivity index (χ4n) is 2.87. The second-order valence-electron chi connectivity index (χ2n) is 7.49. The van der Waals surface area contributed by atoms with Gasteiger partial charge in [-0.3, -0.25) is 4.79 Å². The van der Waals surface area contributed by atoms with Crippen LogP contribution in [0.1, 0.15) is 44.2 Å². The normalized spacial score (nSPS) is 16.8. The number of rotatable bonds is 6. The van der Waals surface area contributed by atoms with E-state index in [0.717, 1.165) is 17.4 Å². The van der Waals surface area contributed by atoms with E-state index in [9.17, 15) is 13.2 Å². The van der Waals surface area contributed by atoms with Gasteiger partial charge >= 0.3 is 16.1 Å². The van der Waals surface area contributed by atoms with Crippen LogP contribution >= 0.6 is 0 Å². The summed E-state index contributed by atoms with van der Waals surface area (Å²) in [5.74, 6) is -0.156. The highest BCUT2D eigenvalue weighted by molar-refractivity contribution is 7.86. The molecule has 1 aromatic rings. The molecule has 1 atom stereocenters. The number of ether oxygens (including phenoxy) is 2. The van der Waals surface area contributed by atoms with Gasteiger partial charge in [0.05, 0.1) is 25.4 Å². The summed E-state index contributed by atoms with van der Waals surface area (Å²) < 4.78 is 39.7. The number of carbonyl (C=O) groups excluding carboxylic acids is 1. The van der Waals surface area contributed by atoms with Crippen LogP contribution in [-0.4, -0.2) is 34.4 Å². The lowest BCUT2D eigenvalue weighted by atomic mass is 9.82. The molecule has 6 nitrogen and oxygen atoms in total. The quantitative estimate of drug-likeness (QED) is 0.541. The van der Waals surface area contributed by atoms with E-state index in [1.807, 2.05) is 12.1 Å². The summed E-state index contributed by atoms with van der Waals surface area (Å²) in [6.45, 7) is 9.26. The van der Waals surface area contributed by atoms with Gasteiger partial charge in [0.25, 0.3) is 0 Å². The molecule has 148 valence electrons. The molecule has 2 rings (SSSR count).